The predicted octanol–water partition coefficient (Wildman–Crippen LogP) is 2.91. The van der Waals surface area contributed by atoms with E-state index in [9.17, 15) is 4.79 Å². The lowest BCUT2D eigenvalue weighted by atomic mass is 10.0. The molecular weight excluding hydrogens is 288 g/mol. The highest BCUT2D eigenvalue weighted by Crippen LogP contribution is 2.21. The van der Waals surface area contributed by atoms with Gasteiger partial charge in [0.25, 0.3) is 0 Å². The number of benzene rings is 1. The SMILES string of the molecule is CC=CC=CC(=O)NC1CCN(Cc2ccccc2OC)CC1. The van der Waals surface area contributed by atoms with Gasteiger partial charge in [-0.2, -0.15) is 0 Å². The summed E-state index contributed by atoms with van der Waals surface area (Å²) in [6.07, 6.45) is 9.08. The third-order valence-corrected chi connectivity index (χ3v) is 4.07. The Morgan fingerprint density at radius 2 is 2.04 bits per heavy atom. The summed E-state index contributed by atoms with van der Waals surface area (Å²) in [5.74, 6) is 0.934. The van der Waals surface area contributed by atoms with Gasteiger partial charge in [-0.1, -0.05) is 36.4 Å². The van der Waals surface area contributed by atoms with E-state index < -0.39 is 0 Å². The van der Waals surface area contributed by atoms with Crippen molar-refractivity contribution >= 4 is 5.91 Å². The second-order valence-electron chi connectivity index (χ2n) is 5.76. The summed E-state index contributed by atoms with van der Waals surface area (Å²) in [5, 5.41) is 3.07. The molecule has 0 atom stereocenters. The lowest BCUT2D eigenvalue weighted by Gasteiger charge is -2.32. The zero-order valence-corrected chi connectivity index (χ0v) is 14.0. The van der Waals surface area contributed by atoms with E-state index >= 15 is 0 Å². The van der Waals surface area contributed by atoms with Gasteiger partial charge in [0, 0.05) is 37.3 Å². The van der Waals surface area contributed by atoms with Crippen molar-refractivity contribution in [2.24, 2.45) is 0 Å². The molecule has 0 aliphatic carbocycles. The highest BCUT2D eigenvalue weighted by molar-refractivity contribution is 5.87. The fraction of sp³-hybridized carbons (Fsp3) is 0.421. The molecule has 1 aromatic rings. The molecule has 0 bridgehead atoms. The van der Waals surface area contributed by atoms with Crippen LogP contribution in [0.2, 0.25) is 0 Å². The molecule has 0 saturated carbocycles. The molecule has 4 nitrogen and oxygen atoms in total. The number of rotatable bonds is 6. The van der Waals surface area contributed by atoms with Gasteiger partial charge < -0.3 is 10.1 Å². The van der Waals surface area contributed by atoms with E-state index in [1.807, 2.05) is 37.3 Å². The molecule has 0 aromatic heterocycles. The zero-order valence-electron chi connectivity index (χ0n) is 14.0. The van der Waals surface area contributed by atoms with Crippen LogP contribution in [0.5, 0.6) is 5.75 Å². The quantitative estimate of drug-likeness (QED) is 0.648. The molecule has 1 aromatic carbocycles. The number of likely N-dealkylation sites (tertiary alicyclic amines) is 1. The Morgan fingerprint density at radius 3 is 2.74 bits per heavy atom. The predicted molar refractivity (Wildman–Crippen MR) is 93.4 cm³/mol. The van der Waals surface area contributed by atoms with Crippen LogP contribution in [-0.2, 0) is 11.3 Å². The minimum Gasteiger partial charge on any atom is -0.496 e. The van der Waals surface area contributed by atoms with Crippen LogP contribution in [0, 0.1) is 0 Å². The lowest BCUT2D eigenvalue weighted by molar-refractivity contribution is -0.117. The molecule has 1 saturated heterocycles. The van der Waals surface area contributed by atoms with Crippen molar-refractivity contribution in [3.8, 4) is 5.75 Å². The number of hydrogen-bond acceptors (Lipinski definition) is 3. The third-order valence-electron chi connectivity index (χ3n) is 4.07. The van der Waals surface area contributed by atoms with Gasteiger partial charge in [0.2, 0.25) is 5.91 Å². The Bertz CT molecular complexity index is 558. The maximum Gasteiger partial charge on any atom is 0.244 e. The summed E-state index contributed by atoms with van der Waals surface area (Å²) in [6, 6.07) is 8.41. The van der Waals surface area contributed by atoms with Crippen molar-refractivity contribution in [2.45, 2.75) is 32.4 Å². The Hall–Kier alpha value is -2.07. The largest absolute Gasteiger partial charge is 0.496 e. The van der Waals surface area contributed by atoms with Gasteiger partial charge in [0.05, 0.1) is 7.11 Å². The van der Waals surface area contributed by atoms with Gasteiger partial charge in [-0.3, -0.25) is 9.69 Å². The van der Waals surface area contributed by atoms with E-state index in [2.05, 4.69) is 16.3 Å². The number of ether oxygens (including phenoxy) is 1. The lowest BCUT2D eigenvalue weighted by Crippen LogP contribution is -2.43. The summed E-state index contributed by atoms with van der Waals surface area (Å²) in [5.41, 5.74) is 1.21. The van der Waals surface area contributed by atoms with Gasteiger partial charge in [-0.25, -0.2) is 0 Å². The number of methoxy groups -OCH3 is 1. The van der Waals surface area contributed by atoms with Crippen LogP contribution >= 0.6 is 0 Å². The number of amides is 1. The molecule has 23 heavy (non-hydrogen) atoms. The summed E-state index contributed by atoms with van der Waals surface area (Å²) in [7, 11) is 1.71. The van der Waals surface area contributed by atoms with Crippen LogP contribution in [0.15, 0.2) is 48.6 Å². The summed E-state index contributed by atoms with van der Waals surface area (Å²) >= 11 is 0. The molecule has 1 fully saturated rings. The molecule has 1 aliphatic rings. The molecule has 0 unspecified atom stereocenters. The van der Waals surface area contributed by atoms with E-state index in [0.29, 0.717) is 0 Å². The van der Waals surface area contributed by atoms with Crippen molar-refractivity contribution in [1.29, 1.82) is 0 Å². The fourth-order valence-corrected chi connectivity index (χ4v) is 2.81. The van der Waals surface area contributed by atoms with Crippen molar-refractivity contribution in [1.82, 2.24) is 10.2 Å². The van der Waals surface area contributed by atoms with Gasteiger partial charge in [-0.15, -0.1) is 0 Å². The van der Waals surface area contributed by atoms with E-state index in [-0.39, 0.29) is 11.9 Å². The second kappa shape index (κ2) is 9.16. The molecule has 1 N–H and O–H groups in total. The molecule has 0 radical (unpaired) electrons. The van der Waals surface area contributed by atoms with Gasteiger partial charge in [0.15, 0.2) is 0 Å². The van der Waals surface area contributed by atoms with Crippen molar-refractivity contribution in [3.05, 3.63) is 54.1 Å². The van der Waals surface area contributed by atoms with Gasteiger partial charge in [0.1, 0.15) is 5.75 Å². The molecular formula is C19H26N2O2. The number of piperidine rings is 1. The van der Waals surface area contributed by atoms with Crippen molar-refractivity contribution in [2.75, 3.05) is 20.2 Å². The molecule has 124 valence electrons. The molecule has 1 amide bonds. The first-order valence-corrected chi connectivity index (χ1v) is 8.17. The maximum absolute atomic E-state index is 11.8. The number of carbonyl (C=O) groups is 1. The number of nitrogens with zero attached hydrogens (tertiary/aromatic N) is 1. The molecule has 1 heterocycles. The van der Waals surface area contributed by atoms with Gasteiger partial charge in [-0.05, 0) is 25.8 Å². The average Bonchev–Trinajstić information content (AvgIpc) is 2.57. The van der Waals surface area contributed by atoms with E-state index in [1.165, 1.54) is 5.56 Å². The van der Waals surface area contributed by atoms with Crippen LogP contribution in [0.25, 0.3) is 0 Å². The minimum atomic E-state index is -0.00808. The Balaban J connectivity index is 1.79. The third kappa shape index (κ3) is 5.57. The first kappa shape index (κ1) is 17.3. The van der Waals surface area contributed by atoms with Crippen LogP contribution < -0.4 is 10.1 Å². The Morgan fingerprint density at radius 1 is 1.30 bits per heavy atom. The standard InChI is InChI=1S/C19H26N2O2/c1-3-4-5-10-19(22)20-17-11-13-21(14-12-17)15-16-8-6-7-9-18(16)23-2/h3-10,17H,11-15H2,1-2H3,(H,20,22). The summed E-state index contributed by atoms with van der Waals surface area (Å²) in [4.78, 5) is 14.2. The number of allylic oxidation sites excluding steroid dienone is 3. The number of hydrogen-bond donors (Lipinski definition) is 1. The topological polar surface area (TPSA) is 41.6 Å². The highest BCUT2D eigenvalue weighted by Gasteiger charge is 2.20. The van der Waals surface area contributed by atoms with E-state index in [1.54, 1.807) is 19.3 Å². The number of nitrogens with one attached hydrogen (secondary N) is 1. The monoisotopic (exact) mass is 314 g/mol. The van der Waals surface area contributed by atoms with Crippen LogP contribution in [-0.4, -0.2) is 37.0 Å². The normalized spacial score (nSPS) is 17.0. The van der Waals surface area contributed by atoms with E-state index in [4.69, 9.17) is 4.74 Å². The van der Waals surface area contributed by atoms with Gasteiger partial charge >= 0.3 is 0 Å². The fourth-order valence-electron chi connectivity index (χ4n) is 2.81. The second-order valence-corrected chi connectivity index (χ2v) is 5.76. The van der Waals surface area contributed by atoms with Crippen molar-refractivity contribution in [3.63, 3.8) is 0 Å². The van der Waals surface area contributed by atoms with Crippen LogP contribution in [0.1, 0.15) is 25.3 Å². The Kier molecular flexibility index (Phi) is 6.88. The molecule has 1 aliphatic heterocycles. The van der Waals surface area contributed by atoms with Crippen molar-refractivity contribution < 1.29 is 9.53 Å². The minimum absolute atomic E-state index is 0.00808. The smallest absolute Gasteiger partial charge is 0.244 e. The Labute approximate surface area is 138 Å². The number of carbonyl (C=O) groups excluding carboxylic acids is 1. The first-order valence-electron chi connectivity index (χ1n) is 8.17. The van der Waals surface area contributed by atoms with E-state index in [0.717, 1.165) is 38.2 Å². The maximum atomic E-state index is 11.8. The van der Waals surface area contributed by atoms with Crippen LogP contribution in [0.4, 0.5) is 0 Å². The molecule has 4 heteroatoms. The average molecular weight is 314 g/mol. The summed E-state index contributed by atoms with van der Waals surface area (Å²) in [6.45, 7) is 4.80. The molecule has 2 rings (SSSR count). The zero-order chi connectivity index (χ0) is 16.5. The summed E-state index contributed by atoms with van der Waals surface area (Å²) < 4.78 is 5.41. The van der Waals surface area contributed by atoms with Crippen LogP contribution in [0.3, 0.4) is 0 Å². The molecule has 0 spiro atoms. The number of para-hydroxylation sites is 1. The first-order chi connectivity index (χ1) is 11.2. The highest BCUT2D eigenvalue weighted by atomic mass is 16.5.